The van der Waals surface area contributed by atoms with Crippen LogP contribution < -0.4 is 0 Å². The van der Waals surface area contributed by atoms with Gasteiger partial charge in [-0.1, -0.05) is 33.1 Å². The number of carbonyl (C=O) groups excluding carboxylic acids is 2. The van der Waals surface area contributed by atoms with Crippen molar-refractivity contribution in [2.75, 3.05) is 39.8 Å². The molecule has 0 atom stereocenters. The Labute approximate surface area is 141 Å². The van der Waals surface area contributed by atoms with Crippen LogP contribution in [-0.2, 0) is 14.3 Å². The monoisotopic (exact) mass is 326 g/mol. The van der Waals surface area contributed by atoms with Gasteiger partial charge in [0.2, 0.25) is 5.91 Å². The lowest BCUT2D eigenvalue weighted by molar-refractivity contribution is -0.142. The van der Waals surface area contributed by atoms with Crippen LogP contribution in [-0.4, -0.2) is 61.5 Å². The third kappa shape index (κ3) is 7.34. The SMILES string of the molecule is CCN(CC)CCCN(CCC(=O)OC)C(=O)C1CCCCC1. The van der Waals surface area contributed by atoms with Gasteiger partial charge in [-0.05, 0) is 38.9 Å². The van der Waals surface area contributed by atoms with E-state index >= 15 is 0 Å². The first-order valence-corrected chi connectivity index (χ1v) is 9.20. The first-order chi connectivity index (χ1) is 11.1. The van der Waals surface area contributed by atoms with Gasteiger partial charge in [-0.15, -0.1) is 0 Å². The highest BCUT2D eigenvalue weighted by Crippen LogP contribution is 2.25. The molecule has 0 saturated heterocycles. The summed E-state index contributed by atoms with van der Waals surface area (Å²) in [5.74, 6) is 0.165. The van der Waals surface area contributed by atoms with E-state index in [9.17, 15) is 9.59 Å². The Kier molecular flexibility index (Phi) is 9.92. The molecule has 0 spiro atoms. The molecule has 1 aliphatic carbocycles. The molecule has 0 aromatic carbocycles. The molecule has 1 saturated carbocycles. The molecule has 0 unspecified atom stereocenters. The lowest BCUT2D eigenvalue weighted by Gasteiger charge is -2.30. The largest absolute Gasteiger partial charge is 0.469 e. The Morgan fingerprint density at radius 2 is 1.65 bits per heavy atom. The maximum absolute atomic E-state index is 12.8. The van der Waals surface area contributed by atoms with Crippen LogP contribution in [0.2, 0.25) is 0 Å². The summed E-state index contributed by atoms with van der Waals surface area (Å²) in [4.78, 5) is 28.5. The van der Waals surface area contributed by atoms with Gasteiger partial charge in [0.25, 0.3) is 0 Å². The molecule has 0 N–H and O–H groups in total. The van der Waals surface area contributed by atoms with E-state index in [-0.39, 0.29) is 17.8 Å². The van der Waals surface area contributed by atoms with Gasteiger partial charge in [-0.3, -0.25) is 9.59 Å². The van der Waals surface area contributed by atoms with Crippen molar-refractivity contribution >= 4 is 11.9 Å². The van der Waals surface area contributed by atoms with Crippen molar-refractivity contribution < 1.29 is 14.3 Å². The maximum Gasteiger partial charge on any atom is 0.307 e. The number of esters is 1. The van der Waals surface area contributed by atoms with Crippen molar-refractivity contribution in [1.82, 2.24) is 9.80 Å². The molecule has 0 aliphatic heterocycles. The lowest BCUT2D eigenvalue weighted by atomic mass is 9.88. The number of ether oxygens (including phenoxy) is 1. The van der Waals surface area contributed by atoms with Crippen molar-refractivity contribution in [1.29, 1.82) is 0 Å². The second-order valence-electron chi connectivity index (χ2n) is 6.37. The van der Waals surface area contributed by atoms with Crippen molar-refractivity contribution in [3.8, 4) is 0 Å². The summed E-state index contributed by atoms with van der Waals surface area (Å²) in [5.41, 5.74) is 0. The summed E-state index contributed by atoms with van der Waals surface area (Å²) in [6.45, 7) is 8.62. The Morgan fingerprint density at radius 1 is 1.00 bits per heavy atom. The predicted octanol–water partition coefficient (Wildman–Crippen LogP) is 2.69. The first kappa shape index (κ1) is 19.9. The minimum absolute atomic E-state index is 0.162. The van der Waals surface area contributed by atoms with E-state index < -0.39 is 0 Å². The summed E-state index contributed by atoms with van der Waals surface area (Å²) in [6.07, 6.45) is 6.81. The zero-order valence-electron chi connectivity index (χ0n) is 15.2. The Balaban J connectivity index is 2.52. The quantitative estimate of drug-likeness (QED) is 0.579. The molecule has 1 rings (SSSR count). The normalized spacial score (nSPS) is 15.7. The van der Waals surface area contributed by atoms with Crippen LogP contribution in [0.1, 0.15) is 58.8 Å². The second-order valence-corrected chi connectivity index (χ2v) is 6.37. The zero-order chi connectivity index (χ0) is 17.1. The minimum Gasteiger partial charge on any atom is -0.469 e. The molecule has 0 heterocycles. The van der Waals surface area contributed by atoms with Crippen molar-refractivity contribution in [2.45, 2.75) is 58.8 Å². The van der Waals surface area contributed by atoms with E-state index in [1.165, 1.54) is 13.5 Å². The van der Waals surface area contributed by atoms with Gasteiger partial charge in [0, 0.05) is 19.0 Å². The highest BCUT2D eigenvalue weighted by atomic mass is 16.5. The first-order valence-electron chi connectivity index (χ1n) is 9.20. The number of hydrogen-bond acceptors (Lipinski definition) is 4. The Morgan fingerprint density at radius 3 is 2.22 bits per heavy atom. The van der Waals surface area contributed by atoms with E-state index in [2.05, 4.69) is 18.7 Å². The lowest BCUT2D eigenvalue weighted by Crippen LogP contribution is -2.40. The number of hydrogen-bond donors (Lipinski definition) is 0. The van der Waals surface area contributed by atoms with E-state index in [1.807, 2.05) is 4.90 Å². The van der Waals surface area contributed by atoms with Crippen LogP contribution in [0.15, 0.2) is 0 Å². The van der Waals surface area contributed by atoms with E-state index in [0.29, 0.717) is 13.0 Å². The van der Waals surface area contributed by atoms with Crippen LogP contribution >= 0.6 is 0 Å². The van der Waals surface area contributed by atoms with Gasteiger partial charge in [0.05, 0.1) is 13.5 Å². The maximum atomic E-state index is 12.8. The van der Waals surface area contributed by atoms with Crippen LogP contribution in [0.5, 0.6) is 0 Å². The fraction of sp³-hybridized carbons (Fsp3) is 0.889. The average Bonchev–Trinajstić information content (AvgIpc) is 2.61. The van der Waals surface area contributed by atoms with Gasteiger partial charge < -0.3 is 14.5 Å². The predicted molar refractivity (Wildman–Crippen MR) is 92.2 cm³/mol. The molecule has 5 nitrogen and oxygen atoms in total. The number of methoxy groups -OCH3 is 1. The van der Waals surface area contributed by atoms with Gasteiger partial charge in [-0.2, -0.15) is 0 Å². The summed E-state index contributed by atoms with van der Waals surface area (Å²) >= 11 is 0. The number of nitrogens with zero attached hydrogens (tertiary/aromatic N) is 2. The van der Waals surface area contributed by atoms with Crippen molar-refractivity contribution in [2.24, 2.45) is 5.92 Å². The number of carbonyl (C=O) groups is 2. The molecule has 134 valence electrons. The Hall–Kier alpha value is -1.10. The van der Waals surface area contributed by atoms with Crippen LogP contribution in [0, 0.1) is 5.92 Å². The molecule has 5 heteroatoms. The van der Waals surface area contributed by atoms with Gasteiger partial charge in [-0.25, -0.2) is 0 Å². The molecule has 1 fully saturated rings. The molecule has 0 aromatic rings. The Bertz CT molecular complexity index is 350. The van der Waals surface area contributed by atoms with Crippen LogP contribution in [0.4, 0.5) is 0 Å². The van der Waals surface area contributed by atoms with Crippen molar-refractivity contribution in [3.05, 3.63) is 0 Å². The minimum atomic E-state index is -0.241. The van der Waals surface area contributed by atoms with E-state index in [1.54, 1.807) is 0 Å². The van der Waals surface area contributed by atoms with Gasteiger partial charge in [0.1, 0.15) is 0 Å². The summed E-state index contributed by atoms with van der Waals surface area (Å²) < 4.78 is 4.72. The van der Waals surface area contributed by atoms with Crippen LogP contribution in [0.3, 0.4) is 0 Å². The number of amides is 1. The standard InChI is InChI=1S/C18H34N2O3/c1-4-19(5-2)13-9-14-20(15-12-17(21)23-3)18(22)16-10-7-6-8-11-16/h16H,4-15H2,1-3H3. The molecular formula is C18H34N2O3. The summed E-state index contributed by atoms with van der Waals surface area (Å²) in [6, 6.07) is 0. The third-order valence-corrected chi connectivity index (χ3v) is 4.88. The molecule has 1 aliphatic rings. The van der Waals surface area contributed by atoms with Gasteiger partial charge >= 0.3 is 5.97 Å². The highest BCUT2D eigenvalue weighted by molar-refractivity contribution is 5.79. The molecule has 1 amide bonds. The molecule has 0 bridgehead atoms. The average molecular weight is 326 g/mol. The van der Waals surface area contributed by atoms with E-state index in [0.717, 1.165) is 58.3 Å². The molecule has 0 aromatic heterocycles. The van der Waals surface area contributed by atoms with Crippen molar-refractivity contribution in [3.63, 3.8) is 0 Å². The fourth-order valence-electron chi connectivity index (χ4n) is 3.29. The topological polar surface area (TPSA) is 49.9 Å². The highest BCUT2D eigenvalue weighted by Gasteiger charge is 2.26. The smallest absolute Gasteiger partial charge is 0.307 e. The van der Waals surface area contributed by atoms with Gasteiger partial charge in [0.15, 0.2) is 0 Å². The molecule has 23 heavy (non-hydrogen) atoms. The molecular weight excluding hydrogens is 292 g/mol. The van der Waals surface area contributed by atoms with Crippen LogP contribution in [0.25, 0.3) is 0 Å². The zero-order valence-corrected chi connectivity index (χ0v) is 15.2. The summed E-state index contributed by atoms with van der Waals surface area (Å²) in [5, 5.41) is 0. The van der Waals surface area contributed by atoms with E-state index in [4.69, 9.17) is 4.74 Å². The second kappa shape index (κ2) is 11.4. The third-order valence-electron chi connectivity index (χ3n) is 4.88. The molecule has 0 radical (unpaired) electrons. The summed E-state index contributed by atoms with van der Waals surface area (Å²) in [7, 11) is 1.40. The number of rotatable bonds is 10. The fourth-order valence-corrected chi connectivity index (χ4v) is 3.29.